The Morgan fingerprint density at radius 1 is 1.29 bits per heavy atom. The van der Waals surface area contributed by atoms with Crippen molar-refractivity contribution >= 4 is 15.9 Å². The standard InChI is InChI=1S/C13H18BrNO2/c1-2-10-9(4-3-5-15)8-11(14)13-12(10)16-6-7-17-13/h8H,2-7,15H2,1H3. The Labute approximate surface area is 110 Å². The van der Waals surface area contributed by atoms with Crippen molar-refractivity contribution in [2.24, 2.45) is 5.73 Å². The van der Waals surface area contributed by atoms with Crippen molar-refractivity contribution in [3.63, 3.8) is 0 Å². The van der Waals surface area contributed by atoms with Crippen LogP contribution in [0.2, 0.25) is 0 Å². The summed E-state index contributed by atoms with van der Waals surface area (Å²) in [5.74, 6) is 1.77. The minimum atomic E-state index is 0.622. The summed E-state index contributed by atoms with van der Waals surface area (Å²) in [7, 11) is 0. The van der Waals surface area contributed by atoms with Gasteiger partial charge in [-0.05, 0) is 53.4 Å². The molecule has 0 unspecified atom stereocenters. The van der Waals surface area contributed by atoms with Gasteiger partial charge in [-0.15, -0.1) is 0 Å². The first-order chi connectivity index (χ1) is 8.27. The molecule has 94 valence electrons. The summed E-state index contributed by atoms with van der Waals surface area (Å²) in [6.45, 7) is 4.12. The van der Waals surface area contributed by atoms with E-state index in [0.29, 0.717) is 13.2 Å². The molecular weight excluding hydrogens is 282 g/mol. The van der Waals surface area contributed by atoms with E-state index in [2.05, 4.69) is 28.9 Å². The number of hydrogen-bond acceptors (Lipinski definition) is 3. The summed E-state index contributed by atoms with van der Waals surface area (Å²) in [6, 6.07) is 2.14. The minimum Gasteiger partial charge on any atom is -0.486 e. The molecule has 0 spiro atoms. The monoisotopic (exact) mass is 299 g/mol. The molecule has 1 aliphatic rings. The highest BCUT2D eigenvalue weighted by Crippen LogP contribution is 2.42. The number of fused-ring (bicyclic) bond motifs is 1. The molecule has 3 nitrogen and oxygen atoms in total. The first kappa shape index (κ1) is 12.7. The van der Waals surface area contributed by atoms with Crippen LogP contribution in [0, 0.1) is 0 Å². The second-order valence-corrected chi connectivity index (χ2v) is 4.95. The van der Waals surface area contributed by atoms with Crippen molar-refractivity contribution in [3.05, 3.63) is 21.7 Å². The van der Waals surface area contributed by atoms with Crippen LogP contribution in [0.3, 0.4) is 0 Å². The van der Waals surface area contributed by atoms with E-state index in [-0.39, 0.29) is 0 Å². The predicted octanol–water partition coefficient (Wildman–Crippen LogP) is 2.67. The summed E-state index contributed by atoms with van der Waals surface area (Å²) in [5, 5.41) is 0. The lowest BCUT2D eigenvalue weighted by Crippen LogP contribution is -2.18. The zero-order valence-electron chi connectivity index (χ0n) is 10.1. The van der Waals surface area contributed by atoms with Crippen LogP contribution >= 0.6 is 15.9 Å². The van der Waals surface area contributed by atoms with Crippen LogP contribution in [-0.4, -0.2) is 19.8 Å². The van der Waals surface area contributed by atoms with Crippen molar-refractivity contribution in [2.75, 3.05) is 19.8 Å². The van der Waals surface area contributed by atoms with Crippen molar-refractivity contribution in [1.82, 2.24) is 0 Å². The van der Waals surface area contributed by atoms with Gasteiger partial charge in [0, 0.05) is 5.56 Å². The number of nitrogens with two attached hydrogens (primary N) is 1. The lowest BCUT2D eigenvalue weighted by Gasteiger charge is -2.24. The zero-order valence-corrected chi connectivity index (χ0v) is 11.7. The third kappa shape index (κ3) is 2.58. The van der Waals surface area contributed by atoms with Gasteiger partial charge in [0.15, 0.2) is 11.5 Å². The lowest BCUT2D eigenvalue weighted by molar-refractivity contribution is 0.168. The molecule has 0 radical (unpaired) electrons. The summed E-state index contributed by atoms with van der Waals surface area (Å²) in [6.07, 6.45) is 2.95. The molecule has 0 saturated heterocycles. The first-order valence-electron chi connectivity index (χ1n) is 6.07. The molecule has 0 aliphatic carbocycles. The van der Waals surface area contributed by atoms with Crippen LogP contribution in [-0.2, 0) is 12.8 Å². The fourth-order valence-corrected chi connectivity index (χ4v) is 2.75. The van der Waals surface area contributed by atoms with E-state index in [4.69, 9.17) is 15.2 Å². The summed E-state index contributed by atoms with van der Waals surface area (Å²) >= 11 is 3.55. The fourth-order valence-electron chi connectivity index (χ4n) is 2.17. The van der Waals surface area contributed by atoms with E-state index in [1.54, 1.807) is 0 Å². The summed E-state index contributed by atoms with van der Waals surface area (Å²) < 4.78 is 12.4. The second kappa shape index (κ2) is 5.74. The first-order valence-corrected chi connectivity index (χ1v) is 6.87. The average Bonchev–Trinajstić information content (AvgIpc) is 2.36. The molecule has 0 saturated carbocycles. The van der Waals surface area contributed by atoms with Gasteiger partial charge in [-0.25, -0.2) is 0 Å². The van der Waals surface area contributed by atoms with Gasteiger partial charge in [0.1, 0.15) is 13.2 Å². The molecule has 1 aromatic rings. The Kier molecular flexibility index (Phi) is 4.29. The maximum absolute atomic E-state index is 5.76. The third-order valence-electron chi connectivity index (χ3n) is 2.97. The molecule has 1 aliphatic heterocycles. The second-order valence-electron chi connectivity index (χ2n) is 4.10. The maximum Gasteiger partial charge on any atom is 0.175 e. The highest BCUT2D eigenvalue weighted by molar-refractivity contribution is 9.10. The molecule has 1 aromatic carbocycles. The molecule has 0 atom stereocenters. The molecule has 0 bridgehead atoms. The summed E-state index contributed by atoms with van der Waals surface area (Å²) in [4.78, 5) is 0. The molecule has 0 amide bonds. The van der Waals surface area contributed by atoms with Gasteiger partial charge in [-0.2, -0.15) is 0 Å². The zero-order chi connectivity index (χ0) is 12.3. The Bertz CT molecular complexity index is 407. The number of ether oxygens (including phenoxy) is 2. The van der Waals surface area contributed by atoms with Crippen LogP contribution in [0.5, 0.6) is 11.5 Å². The van der Waals surface area contributed by atoms with E-state index in [0.717, 1.165) is 41.8 Å². The minimum absolute atomic E-state index is 0.622. The van der Waals surface area contributed by atoms with Crippen LogP contribution < -0.4 is 15.2 Å². The lowest BCUT2D eigenvalue weighted by atomic mass is 9.99. The van der Waals surface area contributed by atoms with Gasteiger partial charge in [-0.3, -0.25) is 0 Å². The molecule has 0 fully saturated rings. The van der Waals surface area contributed by atoms with E-state index < -0.39 is 0 Å². The highest BCUT2D eigenvalue weighted by atomic mass is 79.9. The molecule has 1 heterocycles. The number of hydrogen-bond donors (Lipinski definition) is 1. The number of aryl methyl sites for hydroxylation is 1. The SMILES string of the molecule is CCc1c(CCCN)cc(Br)c2c1OCCO2. The predicted molar refractivity (Wildman–Crippen MR) is 71.9 cm³/mol. The van der Waals surface area contributed by atoms with Gasteiger partial charge >= 0.3 is 0 Å². The van der Waals surface area contributed by atoms with Crippen LogP contribution in [0.4, 0.5) is 0 Å². The van der Waals surface area contributed by atoms with E-state index in [1.165, 1.54) is 11.1 Å². The maximum atomic E-state index is 5.76. The van der Waals surface area contributed by atoms with Gasteiger partial charge in [0.2, 0.25) is 0 Å². The Balaban J connectivity index is 2.42. The summed E-state index contributed by atoms with van der Waals surface area (Å²) in [5.41, 5.74) is 8.15. The molecule has 4 heteroatoms. The smallest absolute Gasteiger partial charge is 0.175 e. The quantitative estimate of drug-likeness (QED) is 0.930. The Hall–Kier alpha value is -0.740. The molecule has 2 N–H and O–H groups in total. The molecular formula is C13H18BrNO2. The Morgan fingerprint density at radius 3 is 2.65 bits per heavy atom. The van der Waals surface area contributed by atoms with Gasteiger partial charge in [-0.1, -0.05) is 6.92 Å². The fraction of sp³-hybridized carbons (Fsp3) is 0.538. The van der Waals surface area contributed by atoms with Crippen molar-refractivity contribution in [2.45, 2.75) is 26.2 Å². The van der Waals surface area contributed by atoms with Crippen LogP contribution in [0.25, 0.3) is 0 Å². The Morgan fingerprint density at radius 2 is 2.00 bits per heavy atom. The van der Waals surface area contributed by atoms with E-state index >= 15 is 0 Å². The average molecular weight is 300 g/mol. The van der Waals surface area contributed by atoms with Gasteiger partial charge in [0.25, 0.3) is 0 Å². The number of rotatable bonds is 4. The molecule has 2 rings (SSSR count). The topological polar surface area (TPSA) is 44.5 Å². The van der Waals surface area contributed by atoms with Crippen LogP contribution in [0.15, 0.2) is 10.5 Å². The van der Waals surface area contributed by atoms with Crippen molar-refractivity contribution < 1.29 is 9.47 Å². The largest absolute Gasteiger partial charge is 0.486 e. The number of benzene rings is 1. The van der Waals surface area contributed by atoms with Crippen molar-refractivity contribution in [3.8, 4) is 11.5 Å². The van der Waals surface area contributed by atoms with Gasteiger partial charge < -0.3 is 15.2 Å². The highest BCUT2D eigenvalue weighted by Gasteiger charge is 2.21. The van der Waals surface area contributed by atoms with E-state index in [9.17, 15) is 0 Å². The molecule has 0 aromatic heterocycles. The van der Waals surface area contributed by atoms with Crippen molar-refractivity contribution in [1.29, 1.82) is 0 Å². The van der Waals surface area contributed by atoms with Gasteiger partial charge in [0.05, 0.1) is 4.47 Å². The molecule has 17 heavy (non-hydrogen) atoms. The van der Waals surface area contributed by atoms with Crippen LogP contribution in [0.1, 0.15) is 24.5 Å². The normalized spacial score (nSPS) is 13.8. The third-order valence-corrected chi connectivity index (χ3v) is 3.55. The number of halogens is 1. The van der Waals surface area contributed by atoms with E-state index in [1.807, 2.05) is 0 Å².